The number of hydrogen-bond donors (Lipinski definition) is 3. The Kier molecular flexibility index (Phi) is 5.88. The third-order valence-electron chi connectivity index (χ3n) is 4.89. The number of carbonyl (C=O) groups is 1. The largest absolute Gasteiger partial charge is 0.455 e. The molecule has 2 heterocycles. The fraction of sp³-hybridized carbons (Fsp3) is 0.182. The van der Waals surface area contributed by atoms with Gasteiger partial charge in [-0.3, -0.25) is 4.79 Å². The molecule has 2 atom stereocenters. The maximum Gasteiger partial charge on any atom is 0.416 e. The second kappa shape index (κ2) is 8.75. The Labute approximate surface area is 176 Å². The molecule has 0 radical (unpaired) electrons. The molecule has 1 aliphatic rings. The Hall–Kier alpha value is -3.43. The molecule has 2 aromatic carbocycles. The van der Waals surface area contributed by atoms with Crippen LogP contribution in [0.5, 0.6) is 0 Å². The number of hydrazone groups is 1. The summed E-state index contributed by atoms with van der Waals surface area (Å²) < 4.78 is 44.2. The molecule has 6 nitrogen and oxygen atoms in total. The number of halogens is 3. The van der Waals surface area contributed by atoms with Gasteiger partial charge in [-0.1, -0.05) is 42.5 Å². The van der Waals surface area contributed by atoms with E-state index in [9.17, 15) is 18.0 Å². The topological polar surface area (TPSA) is 78.7 Å². The molecule has 3 aromatic rings. The van der Waals surface area contributed by atoms with Crippen molar-refractivity contribution in [2.24, 2.45) is 5.10 Å². The zero-order valence-electron chi connectivity index (χ0n) is 16.2. The van der Waals surface area contributed by atoms with Crippen LogP contribution >= 0.6 is 0 Å². The van der Waals surface area contributed by atoms with E-state index in [1.165, 1.54) is 18.3 Å². The molecular formula is C22H19F3N4O2. The minimum absolute atomic E-state index is 0.0148. The highest BCUT2D eigenvalue weighted by atomic mass is 19.4. The Balaban J connectivity index is 1.34. The fourth-order valence-electron chi connectivity index (χ4n) is 3.30. The van der Waals surface area contributed by atoms with E-state index in [4.69, 9.17) is 4.42 Å². The second-order valence-corrected chi connectivity index (χ2v) is 7.06. The smallest absolute Gasteiger partial charge is 0.416 e. The van der Waals surface area contributed by atoms with Crippen molar-refractivity contribution in [2.75, 3.05) is 0 Å². The van der Waals surface area contributed by atoms with Gasteiger partial charge in [-0.15, -0.1) is 0 Å². The average Bonchev–Trinajstić information content (AvgIpc) is 3.44. The highest BCUT2D eigenvalue weighted by Crippen LogP contribution is 2.32. The highest BCUT2D eigenvalue weighted by molar-refractivity contribution is 5.84. The van der Waals surface area contributed by atoms with Crippen molar-refractivity contribution < 1.29 is 22.4 Å². The van der Waals surface area contributed by atoms with Gasteiger partial charge in [0.25, 0.3) is 5.91 Å². The van der Waals surface area contributed by atoms with Crippen LogP contribution in [0.4, 0.5) is 13.2 Å². The summed E-state index contributed by atoms with van der Waals surface area (Å²) in [6, 6.07) is 17.3. The van der Waals surface area contributed by atoms with Gasteiger partial charge in [-0.05, 0) is 36.2 Å². The van der Waals surface area contributed by atoms with Crippen LogP contribution in [-0.4, -0.2) is 18.2 Å². The van der Waals surface area contributed by atoms with Crippen molar-refractivity contribution in [2.45, 2.75) is 24.7 Å². The van der Waals surface area contributed by atoms with E-state index in [0.717, 1.165) is 17.7 Å². The zero-order valence-corrected chi connectivity index (χ0v) is 16.2. The number of nitrogens with one attached hydrogen (secondary N) is 3. The maximum absolute atomic E-state index is 12.9. The quantitative estimate of drug-likeness (QED) is 0.424. The molecule has 3 N–H and O–H groups in total. The van der Waals surface area contributed by atoms with E-state index in [-0.39, 0.29) is 17.7 Å². The van der Waals surface area contributed by atoms with Crippen molar-refractivity contribution in [1.29, 1.82) is 0 Å². The van der Waals surface area contributed by atoms with Crippen molar-refractivity contribution in [3.63, 3.8) is 0 Å². The molecule has 1 amide bonds. The predicted molar refractivity (Wildman–Crippen MR) is 109 cm³/mol. The first-order chi connectivity index (χ1) is 14.9. The predicted octanol–water partition coefficient (Wildman–Crippen LogP) is 4.02. The molecule has 4 rings (SSSR count). The number of amides is 1. The number of furan rings is 1. The van der Waals surface area contributed by atoms with E-state index in [1.807, 2.05) is 30.3 Å². The Morgan fingerprint density at radius 2 is 1.87 bits per heavy atom. The summed E-state index contributed by atoms with van der Waals surface area (Å²) in [7, 11) is 0. The Bertz CT molecular complexity index is 1080. The summed E-state index contributed by atoms with van der Waals surface area (Å²) in [5, 5.41) is 3.88. The molecule has 2 unspecified atom stereocenters. The molecule has 31 heavy (non-hydrogen) atoms. The van der Waals surface area contributed by atoms with Gasteiger partial charge in [-0.25, -0.2) is 16.3 Å². The van der Waals surface area contributed by atoms with Gasteiger partial charge < -0.3 is 4.42 Å². The minimum atomic E-state index is -4.43. The van der Waals surface area contributed by atoms with E-state index < -0.39 is 17.8 Å². The van der Waals surface area contributed by atoms with Crippen LogP contribution in [0.3, 0.4) is 0 Å². The van der Waals surface area contributed by atoms with Crippen molar-refractivity contribution in [3.8, 4) is 11.3 Å². The van der Waals surface area contributed by atoms with Gasteiger partial charge in [-0.2, -0.15) is 18.3 Å². The summed E-state index contributed by atoms with van der Waals surface area (Å²) in [6.07, 6.45) is -2.57. The molecule has 1 fully saturated rings. The number of alkyl halides is 3. The number of rotatable bonds is 5. The molecule has 0 bridgehead atoms. The Morgan fingerprint density at radius 3 is 2.65 bits per heavy atom. The SMILES string of the molecule is O=C(N/N=C/c1ccc(-c2cccc(C(F)(F)F)c2)o1)C1CC(c2ccccc2)NN1. The molecule has 1 aromatic heterocycles. The van der Waals surface area contributed by atoms with Gasteiger partial charge in [0.1, 0.15) is 17.6 Å². The minimum Gasteiger partial charge on any atom is -0.455 e. The third-order valence-corrected chi connectivity index (χ3v) is 4.89. The summed E-state index contributed by atoms with van der Waals surface area (Å²) in [5.74, 6) is 0.255. The lowest BCUT2D eigenvalue weighted by Gasteiger charge is -2.08. The molecule has 160 valence electrons. The van der Waals surface area contributed by atoms with Crippen LogP contribution in [-0.2, 0) is 11.0 Å². The average molecular weight is 428 g/mol. The third kappa shape index (κ3) is 5.01. The van der Waals surface area contributed by atoms with Crippen LogP contribution < -0.4 is 16.3 Å². The molecular weight excluding hydrogens is 409 g/mol. The summed E-state index contributed by atoms with van der Waals surface area (Å²) in [6.45, 7) is 0. The summed E-state index contributed by atoms with van der Waals surface area (Å²) >= 11 is 0. The molecule has 1 aliphatic heterocycles. The lowest BCUT2D eigenvalue weighted by molar-refractivity contribution is -0.137. The van der Waals surface area contributed by atoms with Crippen molar-refractivity contribution in [1.82, 2.24) is 16.3 Å². The molecule has 0 aliphatic carbocycles. The summed E-state index contributed by atoms with van der Waals surface area (Å²) in [5.41, 5.74) is 9.09. The van der Waals surface area contributed by atoms with Gasteiger partial charge in [0.15, 0.2) is 0 Å². The monoisotopic (exact) mass is 428 g/mol. The lowest BCUT2D eigenvalue weighted by atomic mass is 10.0. The molecule has 9 heteroatoms. The van der Waals surface area contributed by atoms with E-state index in [1.54, 1.807) is 12.1 Å². The van der Waals surface area contributed by atoms with Crippen molar-refractivity contribution >= 4 is 12.1 Å². The van der Waals surface area contributed by atoms with Crippen LogP contribution in [0, 0.1) is 0 Å². The number of benzene rings is 2. The van der Waals surface area contributed by atoms with Crippen molar-refractivity contribution in [3.05, 3.63) is 83.6 Å². The van der Waals surface area contributed by atoms with E-state index >= 15 is 0 Å². The second-order valence-electron chi connectivity index (χ2n) is 7.06. The van der Waals surface area contributed by atoms with Crippen LogP contribution in [0.2, 0.25) is 0 Å². The first-order valence-electron chi connectivity index (χ1n) is 9.56. The zero-order chi connectivity index (χ0) is 21.8. The van der Waals surface area contributed by atoms with E-state index in [0.29, 0.717) is 17.7 Å². The van der Waals surface area contributed by atoms with E-state index in [2.05, 4.69) is 21.4 Å². The van der Waals surface area contributed by atoms with Gasteiger partial charge in [0.05, 0.1) is 11.8 Å². The fourth-order valence-corrected chi connectivity index (χ4v) is 3.30. The normalized spacial score (nSPS) is 19.1. The van der Waals surface area contributed by atoms with Gasteiger partial charge in [0, 0.05) is 11.6 Å². The highest BCUT2D eigenvalue weighted by Gasteiger charge is 2.31. The standard InChI is InChI=1S/C22H19F3N4O2/c23-22(24,25)16-8-4-7-15(11-16)20-10-9-17(31-20)13-26-29-21(30)19-12-18(27-28-19)14-5-2-1-3-6-14/h1-11,13,18-19,27-28H,12H2,(H,29,30)/b26-13+. The first kappa shape index (κ1) is 20.8. The summed E-state index contributed by atoms with van der Waals surface area (Å²) in [4.78, 5) is 12.3. The number of carbonyl (C=O) groups excluding carboxylic acids is 1. The molecule has 0 saturated carbocycles. The van der Waals surface area contributed by atoms with Gasteiger partial charge in [0.2, 0.25) is 0 Å². The lowest BCUT2D eigenvalue weighted by Crippen LogP contribution is -2.41. The maximum atomic E-state index is 12.9. The number of hydrazine groups is 1. The van der Waals surface area contributed by atoms with Gasteiger partial charge >= 0.3 is 6.18 Å². The van der Waals surface area contributed by atoms with Crippen LogP contribution in [0.25, 0.3) is 11.3 Å². The first-order valence-corrected chi connectivity index (χ1v) is 9.56. The molecule has 0 spiro atoms. The Morgan fingerprint density at radius 1 is 1.06 bits per heavy atom. The number of hydrogen-bond acceptors (Lipinski definition) is 5. The molecule has 1 saturated heterocycles. The van der Waals surface area contributed by atoms with Crippen LogP contribution in [0.1, 0.15) is 29.3 Å². The number of nitrogens with zero attached hydrogens (tertiary/aromatic N) is 1. The van der Waals surface area contributed by atoms with Crippen LogP contribution in [0.15, 0.2) is 76.2 Å².